The molecule has 1 saturated carbocycles. The predicted octanol–water partition coefficient (Wildman–Crippen LogP) is 3.23. The molecule has 3 N–H and O–H groups in total. The van der Waals surface area contributed by atoms with Gasteiger partial charge in [-0.05, 0) is 43.4 Å². The van der Waals surface area contributed by atoms with Crippen LogP contribution in [-0.4, -0.2) is 64.6 Å². The number of ether oxygens (including phenoxy) is 1. The van der Waals surface area contributed by atoms with Crippen molar-refractivity contribution in [2.75, 3.05) is 31.6 Å². The molecular formula is C21H27N5O2. The third kappa shape index (κ3) is 4.00. The van der Waals surface area contributed by atoms with E-state index in [1.165, 1.54) is 12.8 Å². The van der Waals surface area contributed by atoms with Crippen LogP contribution in [0.15, 0.2) is 30.8 Å². The molecule has 2 fully saturated rings. The first-order valence-corrected chi connectivity index (χ1v) is 9.97. The van der Waals surface area contributed by atoms with E-state index in [1.807, 2.05) is 18.2 Å². The highest BCUT2D eigenvalue weighted by molar-refractivity contribution is 6.09. The first kappa shape index (κ1) is 18.8. The fraction of sp³-hybridized carbons (Fsp3) is 0.476. The molecule has 0 radical (unpaired) electrons. The molecule has 0 atom stereocenters. The molecular weight excluding hydrogens is 354 g/mol. The minimum atomic E-state index is 0.398. The van der Waals surface area contributed by atoms with Gasteiger partial charge in [0.15, 0.2) is 0 Å². The van der Waals surface area contributed by atoms with Gasteiger partial charge in [0.1, 0.15) is 12.1 Å². The first-order valence-electron chi connectivity index (χ1n) is 9.97. The summed E-state index contributed by atoms with van der Waals surface area (Å²) >= 11 is 0. The van der Waals surface area contributed by atoms with Crippen molar-refractivity contribution in [3.63, 3.8) is 0 Å². The van der Waals surface area contributed by atoms with Crippen LogP contribution in [0, 0.1) is 5.41 Å². The number of allylic oxidation sites excluding steroid dienone is 1. The Hall–Kier alpha value is -2.51. The number of rotatable bonds is 5. The summed E-state index contributed by atoms with van der Waals surface area (Å²) in [7, 11) is 0. The van der Waals surface area contributed by atoms with Gasteiger partial charge in [-0.3, -0.25) is 4.90 Å². The van der Waals surface area contributed by atoms with E-state index >= 15 is 0 Å². The van der Waals surface area contributed by atoms with Crippen molar-refractivity contribution >= 4 is 28.5 Å². The average molecular weight is 381 g/mol. The van der Waals surface area contributed by atoms with Gasteiger partial charge in [0.25, 0.3) is 0 Å². The summed E-state index contributed by atoms with van der Waals surface area (Å²) in [5.41, 5.74) is 2.09. The molecule has 1 saturated heterocycles. The molecule has 2 aromatic rings. The number of morpholine rings is 1. The normalized spacial score (nSPS) is 24.2. The maximum atomic E-state index is 9.34. The van der Waals surface area contributed by atoms with Crippen LogP contribution in [0.3, 0.4) is 0 Å². The monoisotopic (exact) mass is 381 g/mol. The second-order valence-corrected chi connectivity index (χ2v) is 7.48. The van der Waals surface area contributed by atoms with Crippen molar-refractivity contribution in [3.05, 3.63) is 36.4 Å². The zero-order valence-electron chi connectivity index (χ0n) is 16.0. The lowest BCUT2D eigenvalue weighted by molar-refractivity contribution is 0.00791. The van der Waals surface area contributed by atoms with Crippen LogP contribution in [0.4, 0.5) is 5.82 Å². The molecule has 0 bridgehead atoms. The summed E-state index contributed by atoms with van der Waals surface area (Å²) in [5, 5.41) is 21.3. The number of aliphatic hydroxyl groups is 1. The number of aromatic nitrogens is 2. The Kier molecular flexibility index (Phi) is 5.83. The van der Waals surface area contributed by atoms with Gasteiger partial charge in [0.05, 0.1) is 25.0 Å². The van der Waals surface area contributed by atoms with Crippen molar-refractivity contribution < 1.29 is 9.84 Å². The van der Waals surface area contributed by atoms with Crippen LogP contribution in [-0.2, 0) is 4.74 Å². The van der Waals surface area contributed by atoms with E-state index in [-0.39, 0.29) is 0 Å². The zero-order chi connectivity index (χ0) is 19.3. The van der Waals surface area contributed by atoms with E-state index in [0.717, 1.165) is 73.9 Å². The second kappa shape index (κ2) is 8.67. The van der Waals surface area contributed by atoms with Crippen molar-refractivity contribution in [2.45, 2.75) is 37.8 Å². The minimum absolute atomic E-state index is 0.398. The summed E-state index contributed by atoms with van der Waals surface area (Å²) in [6, 6.07) is 6.76. The maximum Gasteiger partial charge on any atom is 0.137 e. The van der Waals surface area contributed by atoms with Gasteiger partial charge in [-0.1, -0.05) is 6.07 Å². The second-order valence-electron chi connectivity index (χ2n) is 7.48. The van der Waals surface area contributed by atoms with Gasteiger partial charge in [-0.2, -0.15) is 0 Å². The van der Waals surface area contributed by atoms with E-state index in [1.54, 1.807) is 6.33 Å². The SMILES string of the molecule is N=C/C(=C\O)c1ccc2ncnc(N[C@H]3CC[C@H](N4CCOCC4)CC3)c2c1. The van der Waals surface area contributed by atoms with Crippen molar-refractivity contribution in [3.8, 4) is 0 Å². The Balaban J connectivity index is 1.47. The highest BCUT2D eigenvalue weighted by Crippen LogP contribution is 2.29. The van der Waals surface area contributed by atoms with Crippen molar-refractivity contribution in [1.82, 2.24) is 14.9 Å². The molecule has 0 unspecified atom stereocenters. The number of aliphatic hydroxyl groups excluding tert-OH is 1. The van der Waals surface area contributed by atoms with Gasteiger partial charge in [0.2, 0.25) is 0 Å². The molecule has 1 aromatic heterocycles. The third-order valence-electron chi connectivity index (χ3n) is 5.86. The molecule has 4 rings (SSSR count). The standard InChI is InChI=1S/C21H27N5O2/c22-12-16(13-27)15-1-6-20-19(11-15)21(24-14-23-20)25-17-2-4-18(5-3-17)26-7-9-28-10-8-26/h1,6,11-14,17-18,22,27H,2-5,7-10H2,(H,23,24,25)/b16-13+,22-12?/t17-,18-. The molecule has 1 aromatic carbocycles. The smallest absolute Gasteiger partial charge is 0.137 e. The van der Waals surface area contributed by atoms with Gasteiger partial charge >= 0.3 is 0 Å². The molecule has 7 nitrogen and oxygen atoms in total. The van der Waals surface area contributed by atoms with Gasteiger partial charge in [0, 0.05) is 42.3 Å². The number of benzene rings is 1. The van der Waals surface area contributed by atoms with Crippen LogP contribution in [0.25, 0.3) is 16.5 Å². The lowest BCUT2D eigenvalue weighted by Crippen LogP contribution is -2.46. The predicted molar refractivity (Wildman–Crippen MR) is 111 cm³/mol. The van der Waals surface area contributed by atoms with E-state index in [9.17, 15) is 5.11 Å². The lowest BCUT2D eigenvalue weighted by Gasteiger charge is -2.39. The van der Waals surface area contributed by atoms with Gasteiger partial charge < -0.3 is 20.6 Å². The fourth-order valence-corrected chi connectivity index (χ4v) is 4.27. The summed E-state index contributed by atoms with van der Waals surface area (Å²) in [4.78, 5) is 11.4. The highest BCUT2D eigenvalue weighted by atomic mass is 16.5. The van der Waals surface area contributed by atoms with E-state index < -0.39 is 0 Å². The van der Waals surface area contributed by atoms with E-state index in [4.69, 9.17) is 10.1 Å². The number of anilines is 1. The highest BCUT2D eigenvalue weighted by Gasteiger charge is 2.27. The largest absolute Gasteiger partial charge is 0.515 e. The van der Waals surface area contributed by atoms with E-state index in [0.29, 0.717) is 17.7 Å². The Bertz CT molecular complexity index is 855. The molecule has 28 heavy (non-hydrogen) atoms. The molecule has 148 valence electrons. The molecule has 0 spiro atoms. The van der Waals surface area contributed by atoms with Crippen LogP contribution < -0.4 is 5.32 Å². The average Bonchev–Trinajstić information content (AvgIpc) is 2.76. The zero-order valence-corrected chi connectivity index (χ0v) is 16.0. The number of fused-ring (bicyclic) bond motifs is 1. The molecule has 1 aliphatic heterocycles. The maximum absolute atomic E-state index is 9.34. The van der Waals surface area contributed by atoms with Crippen molar-refractivity contribution in [1.29, 1.82) is 5.41 Å². The number of nitrogens with zero attached hydrogens (tertiary/aromatic N) is 3. The fourth-order valence-electron chi connectivity index (χ4n) is 4.27. The lowest BCUT2D eigenvalue weighted by atomic mass is 9.90. The Morgan fingerprint density at radius 1 is 1.18 bits per heavy atom. The topological polar surface area (TPSA) is 94.4 Å². The molecule has 7 heteroatoms. The van der Waals surface area contributed by atoms with Crippen LogP contribution in [0.5, 0.6) is 0 Å². The van der Waals surface area contributed by atoms with Gasteiger partial charge in [-0.15, -0.1) is 0 Å². The minimum Gasteiger partial charge on any atom is -0.515 e. The summed E-state index contributed by atoms with van der Waals surface area (Å²) in [6.07, 6.45) is 8.31. The molecule has 2 heterocycles. The molecule has 1 aliphatic carbocycles. The van der Waals surface area contributed by atoms with Crippen molar-refractivity contribution in [2.24, 2.45) is 0 Å². The van der Waals surface area contributed by atoms with Crippen LogP contribution >= 0.6 is 0 Å². The molecule has 0 amide bonds. The first-order chi connectivity index (χ1) is 13.8. The summed E-state index contributed by atoms with van der Waals surface area (Å²) in [6.45, 7) is 3.81. The van der Waals surface area contributed by atoms with Gasteiger partial charge in [-0.25, -0.2) is 9.97 Å². The van der Waals surface area contributed by atoms with Crippen LogP contribution in [0.1, 0.15) is 31.2 Å². The quantitative estimate of drug-likeness (QED) is 0.544. The number of nitrogens with one attached hydrogen (secondary N) is 2. The number of hydrogen-bond acceptors (Lipinski definition) is 7. The summed E-state index contributed by atoms with van der Waals surface area (Å²) in [5.74, 6) is 0.823. The Morgan fingerprint density at radius 3 is 2.68 bits per heavy atom. The van der Waals surface area contributed by atoms with E-state index in [2.05, 4.69) is 20.2 Å². The number of hydrogen-bond donors (Lipinski definition) is 3. The molecule has 2 aliphatic rings. The van der Waals surface area contributed by atoms with Crippen LogP contribution in [0.2, 0.25) is 0 Å². The summed E-state index contributed by atoms with van der Waals surface area (Å²) < 4.78 is 5.47. The third-order valence-corrected chi connectivity index (χ3v) is 5.86. The Labute approximate surface area is 164 Å². The Morgan fingerprint density at radius 2 is 1.96 bits per heavy atom.